The third kappa shape index (κ3) is 7.26. The summed E-state index contributed by atoms with van der Waals surface area (Å²) < 4.78 is 0. The molecular weight excluding hydrogens is 759 g/mol. The molecule has 0 aromatic heterocycles. The molecule has 0 unspecified atom stereocenters. The molecule has 0 N–H and O–H groups in total. The summed E-state index contributed by atoms with van der Waals surface area (Å²) in [5, 5.41) is 4.96. The minimum absolute atomic E-state index is 1.08. The lowest BCUT2D eigenvalue weighted by atomic mass is 9.84. The van der Waals surface area contributed by atoms with Gasteiger partial charge < -0.3 is 4.90 Å². The highest BCUT2D eigenvalue weighted by atomic mass is 15.1. The van der Waals surface area contributed by atoms with E-state index in [9.17, 15) is 0 Å². The van der Waals surface area contributed by atoms with Crippen LogP contribution in [0, 0.1) is 0 Å². The van der Waals surface area contributed by atoms with Crippen LogP contribution in [0.3, 0.4) is 0 Å². The Hall–Kier alpha value is -8.26. The van der Waals surface area contributed by atoms with E-state index in [1.807, 2.05) is 0 Å². The lowest BCUT2D eigenvalue weighted by Crippen LogP contribution is -2.11. The molecule has 0 atom stereocenters. The van der Waals surface area contributed by atoms with Gasteiger partial charge in [0.25, 0.3) is 0 Å². The standard InChI is InChI=1S/C62H43N/c1-6-20-44(21-7-1)47-34-37-53(38-35-47)63(54-41-51(45-22-8-2-9-23-45)40-52(42-54)46-24-10-3-11-25-46)60-33-19-18-30-55(60)50-36-39-57-56-31-16-17-32-58(56)61(48-26-12-4-13-27-48)62(59(57)43-50)49-28-14-5-15-29-49/h1-43H. The second-order valence-electron chi connectivity index (χ2n) is 16.1. The second kappa shape index (κ2) is 16.7. The summed E-state index contributed by atoms with van der Waals surface area (Å²) in [6.07, 6.45) is 0. The summed E-state index contributed by atoms with van der Waals surface area (Å²) in [5.41, 5.74) is 17.5. The average Bonchev–Trinajstić information content (AvgIpc) is 3.37. The zero-order chi connectivity index (χ0) is 42.0. The third-order valence-electron chi connectivity index (χ3n) is 12.2. The molecule has 0 aliphatic carbocycles. The van der Waals surface area contributed by atoms with Gasteiger partial charge in [-0.3, -0.25) is 0 Å². The van der Waals surface area contributed by atoms with Crippen LogP contribution >= 0.6 is 0 Å². The summed E-state index contributed by atoms with van der Waals surface area (Å²) in [5.74, 6) is 0. The van der Waals surface area contributed by atoms with Crippen molar-refractivity contribution >= 4 is 38.6 Å². The zero-order valence-electron chi connectivity index (χ0n) is 34.8. The van der Waals surface area contributed by atoms with Gasteiger partial charge in [-0.15, -0.1) is 0 Å². The second-order valence-corrected chi connectivity index (χ2v) is 16.1. The average molecular weight is 802 g/mol. The quantitative estimate of drug-likeness (QED) is 0.131. The molecule has 11 aromatic rings. The smallest absolute Gasteiger partial charge is 0.0540 e. The molecule has 0 aliphatic heterocycles. The van der Waals surface area contributed by atoms with Crippen molar-refractivity contribution in [1.82, 2.24) is 0 Å². The van der Waals surface area contributed by atoms with Gasteiger partial charge in [0.2, 0.25) is 0 Å². The predicted octanol–water partition coefficient (Wildman–Crippen LogP) is 17.5. The molecule has 0 amide bonds. The van der Waals surface area contributed by atoms with Gasteiger partial charge in [0.1, 0.15) is 0 Å². The molecule has 0 bridgehead atoms. The van der Waals surface area contributed by atoms with Gasteiger partial charge in [0.05, 0.1) is 5.69 Å². The maximum absolute atomic E-state index is 2.45. The maximum Gasteiger partial charge on any atom is 0.0540 e. The first-order chi connectivity index (χ1) is 31.3. The number of fused-ring (bicyclic) bond motifs is 3. The van der Waals surface area contributed by atoms with E-state index in [0.29, 0.717) is 0 Å². The van der Waals surface area contributed by atoms with Crippen molar-refractivity contribution in [1.29, 1.82) is 0 Å². The van der Waals surface area contributed by atoms with Crippen LogP contribution in [-0.2, 0) is 0 Å². The van der Waals surface area contributed by atoms with E-state index in [2.05, 4.69) is 266 Å². The Morgan fingerprint density at radius 2 is 0.603 bits per heavy atom. The van der Waals surface area contributed by atoms with Gasteiger partial charge >= 0.3 is 0 Å². The highest BCUT2D eigenvalue weighted by Gasteiger charge is 2.22. The number of hydrogen-bond donors (Lipinski definition) is 0. The van der Waals surface area contributed by atoms with Crippen molar-refractivity contribution in [2.24, 2.45) is 0 Å². The first-order valence-corrected chi connectivity index (χ1v) is 21.7. The Balaban J connectivity index is 1.17. The molecule has 1 heteroatoms. The molecule has 11 rings (SSSR count). The Morgan fingerprint density at radius 3 is 1.16 bits per heavy atom. The van der Waals surface area contributed by atoms with Crippen LogP contribution in [0.4, 0.5) is 17.1 Å². The third-order valence-corrected chi connectivity index (χ3v) is 12.2. The molecule has 0 saturated heterocycles. The molecule has 11 aromatic carbocycles. The molecule has 63 heavy (non-hydrogen) atoms. The van der Waals surface area contributed by atoms with Crippen LogP contribution in [0.15, 0.2) is 261 Å². The Labute approximate surface area is 369 Å². The summed E-state index contributed by atoms with van der Waals surface area (Å²) in [6.45, 7) is 0. The van der Waals surface area contributed by atoms with E-state index in [0.717, 1.165) is 39.3 Å². The molecule has 0 spiro atoms. The number of anilines is 3. The predicted molar refractivity (Wildman–Crippen MR) is 269 cm³/mol. The summed E-state index contributed by atoms with van der Waals surface area (Å²) in [7, 11) is 0. The lowest BCUT2D eigenvalue weighted by molar-refractivity contribution is 1.28. The fourth-order valence-corrected chi connectivity index (χ4v) is 9.28. The summed E-state index contributed by atoms with van der Waals surface area (Å²) >= 11 is 0. The van der Waals surface area contributed by atoms with E-state index < -0.39 is 0 Å². The monoisotopic (exact) mass is 801 g/mol. The fraction of sp³-hybridized carbons (Fsp3) is 0. The molecule has 0 radical (unpaired) electrons. The molecular formula is C62H43N. The number of hydrogen-bond acceptors (Lipinski definition) is 1. The van der Waals surface area contributed by atoms with Crippen molar-refractivity contribution in [3.63, 3.8) is 0 Å². The Kier molecular flexibility index (Phi) is 9.97. The molecule has 0 saturated carbocycles. The van der Waals surface area contributed by atoms with Crippen LogP contribution in [0.2, 0.25) is 0 Å². The number of para-hydroxylation sites is 1. The number of rotatable bonds is 9. The zero-order valence-corrected chi connectivity index (χ0v) is 34.8. The van der Waals surface area contributed by atoms with Gasteiger partial charge in [-0.1, -0.05) is 218 Å². The van der Waals surface area contributed by atoms with Crippen molar-refractivity contribution in [2.75, 3.05) is 4.90 Å². The van der Waals surface area contributed by atoms with Crippen LogP contribution in [-0.4, -0.2) is 0 Å². The van der Waals surface area contributed by atoms with Crippen LogP contribution in [0.25, 0.3) is 88.3 Å². The highest BCUT2D eigenvalue weighted by molar-refractivity contribution is 6.22. The Morgan fingerprint density at radius 1 is 0.206 bits per heavy atom. The van der Waals surface area contributed by atoms with Crippen LogP contribution in [0.1, 0.15) is 0 Å². The maximum atomic E-state index is 2.45. The highest BCUT2D eigenvalue weighted by Crippen LogP contribution is 2.48. The van der Waals surface area contributed by atoms with Crippen LogP contribution in [0.5, 0.6) is 0 Å². The Bertz CT molecular complexity index is 3280. The largest absolute Gasteiger partial charge is 0.310 e. The van der Waals surface area contributed by atoms with Gasteiger partial charge in [0.15, 0.2) is 0 Å². The van der Waals surface area contributed by atoms with E-state index >= 15 is 0 Å². The van der Waals surface area contributed by atoms with E-state index in [4.69, 9.17) is 0 Å². The normalized spacial score (nSPS) is 11.2. The van der Waals surface area contributed by atoms with Gasteiger partial charge in [0, 0.05) is 16.9 Å². The first-order valence-electron chi connectivity index (χ1n) is 21.7. The topological polar surface area (TPSA) is 3.24 Å². The van der Waals surface area contributed by atoms with Crippen molar-refractivity contribution < 1.29 is 0 Å². The fourth-order valence-electron chi connectivity index (χ4n) is 9.28. The van der Waals surface area contributed by atoms with Crippen molar-refractivity contribution in [3.8, 4) is 66.8 Å². The first kappa shape index (κ1) is 37.7. The van der Waals surface area contributed by atoms with Crippen molar-refractivity contribution in [2.45, 2.75) is 0 Å². The number of benzene rings is 11. The molecule has 296 valence electrons. The van der Waals surface area contributed by atoms with E-state index in [1.54, 1.807) is 0 Å². The lowest BCUT2D eigenvalue weighted by Gasteiger charge is -2.29. The molecule has 1 nitrogen and oxygen atoms in total. The molecule has 0 fully saturated rings. The van der Waals surface area contributed by atoms with Gasteiger partial charge in [-0.05, 0) is 125 Å². The van der Waals surface area contributed by atoms with Gasteiger partial charge in [-0.2, -0.15) is 0 Å². The van der Waals surface area contributed by atoms with Crippen LogP contribution < -0.4 is 4.90 Å². The van der Waals surface area contributed by atoms with Crippen molar-refractivity contribution in [3.05, 3.63) is 261 Å². The molecule has 0 aliphatic rings. The van der Waals surface area contributed by atoms with E-state index in [1.165, 1.54) is 66.1 Å². The minimum Gasteiger partial charge on any atom is -0.310 e. The summed E-state index contributed by atoms with van der Waals surface area (Å²) in [4.78, 5) is 2.45. The van der Waals surface area contributed by atoms with Gasteiger partial charge in [-0.25, -0.2) is 0 Å². The number of nitrogens with zero attached hydrogens (tertiary/aromatic N) is 1. The summed E-state index contributed by atoms with van der Waals surface area (Å²) in [6, 6.07) is 94.8. The molecule has 0 heterocycles. The minimum atomic E-state index is 1.08. The SMILES string of the molecule is c1ccc(-c2ccc(N(c3cc(-c4ccccc4)cc(-c4ccccc4)c3)c3ccccc3-c3ccc4c(c3)c(-c3ccccc3)c(-c3ccccc3)c3ccccc34)cc2)cc1. The van der Waals surface area contributed by atoms with E-state index in [-0.39, 0.29) is 0 Å².